The Morgan fingerprint density at radius 1 is 1.46 bits per heavy atom. The lowest BCUT2D eigenvalue weighted by atomic mass is 10.0. The van der Waals surface area contributed by atoms with Gasteiger partial charge in [0.25, 0.3) is 0 Å². The van der Waals surface area contributed by atoms with Gasteiger partial charge >= 0.3 is 5.97 Å². The van der Waals surface area contributed by atoms with Crippen LogP contribution in [0.5, 0.6) is 0 Å². The van der Waals surface area contributed by atoms with Crippen LogP contribution in [0.2, 0.25) is 0 Å². The van der Waals surface area contributed by atoms with Crippen molar-refractivity contribution >= 4 is 23.6 Å². The molecule has 1 atom stereocenters. The molecule has 1 unspecified atom stereocenters. The van der Waals surface area contributed by atoms with Gasteiger partial charge in [0, 0.05) is 0 Å². The number of esters is 1. The first kappa shape index (κ1) is 9.86. The Balaban J connectivity index is 2.91. The maximum Gasteiger partial charge on any atom is 0.317 e. The van der Waals surface area contributed by atoms with Gasteiger partial charge in [-0.1, -0.05) is 42.5 Å². The van der Waals surface area contributed by atoms with E-state index in [-0.39, 0.29) is 5.97 Å². The zero-order valence-corrected chi connectivity index (χ0v) is 8.08. The Bertz CT molecular complexity index is 295. The molecule has 0 aliphatic carbocycles. The topological polar surface area (TPSA) is 26.3 Å². The lowest BCUT2D eigenvalue weighted by molar-refractivity contribution is -0.140. The zero-order chi connectivity index (χ0) is 9.68. The normalized spacial score (nSPS) is 11.8. The molecule has 0 heterocycles. The lowest BCUT2D eigenvalue weighted by Gasteiger charge is -2.08. The smallest absolute Gasteiger partial charge is 0.317 e. The first-order valence-corrected chi connectivity index (χ1v) is 4.34. The molecule has 68 valence electrons. The van der Waals surface area contributed by atoms with E-state index in [9.17, 15) is 4.79 Å². The molecular weight excluding hydrogens is 184 g/mol. The second-order valence-electron chi connectivity index (χ2n) is 2.55. The number of methoxy groups -OCH3 is 1. The third-order valence-corrected chi connectivity index (χ3v) is 2.02. The Kier molecular flexibility index (Phi) is 3.58. The van der Waals surface area contributed by atoms with Crippen molar-refractivity contribution in [3.8, 4) is 0 Å². The van der Waals surface area contributed by atoms with Crippen LogP contribution >= 0.6 is 12.2 Å². The number of rotatable bonds is 3. The fraction of sp³-hybridized carbons (Fsp3) is 0.200. The number of carbonyl (C=O) groups excluding carboxylic acids is 1. The first-order valence-electron chi connectivity index (χ1n) is 3.87. The summed E-state index contributed by atoms with van der Waals surface area (Å²) in [5, 5.41) is 1.42. The SMILES string of the molecule is COC(=O)C(C=S)c1ccccc1. The van der Waals surface area contributed by atoms with E-state index < -0.39 is 5.92 Å². The van der Waals surface area contributed by atoms with E-state index in [2.05, 4.69) is 4.74 Å². The quantitative estimate of drug-likeness (QED) is 0.543. The third-order valence-electron chi connectivity index (χ3n) is 1.75. The number of thiocarbonyl (C=S) groups is 1. The minimum atomic E-state index is -0.429. The molecular formula is C10H10O2S. The zero-order valence-electron chi connectivity index (χ0n) is 7.27. The summed E-state index contributed by atoms with van der Waals surface area (Å²) in [5.74, 6) is -0.748. The Morgan fingerprint density at radius 2 is 2.08 bits per heavy atom. The van der Waals surface area contributed by atoms with Crippen LogP contribution < -0.4 is 0 Å². The summed E-state index contributed by atoms with van der Waals surface area (Å²) >= 11 is 4.77. The van der Waals surface area contributed by atoms with Crippen LogP contribution in [0, 0.1) is 0 Å². The molecule has 1 aromatic carbocycles. The number of ether oxygens (including phenoxy) is 1. The highest BCUT2D eigenvalue weighted by Gasteiger charge is 2.17. The average molecular weight is 194 g/mol. The van der Waals surface area contributed by atoms with Crippen molar-refractivity contribution in [3.05, 3.63) is 35.9 Å². The predicted octanol–water partition coefficient (Wildman–Crippen LogP) is 1.94. The van der Waals surface area contributed by atoms with Gasteiger partial charge in [-0.05, 0) is 10.9 Å². The first-order chi connectivity index (χ1) is 6.29. The van der Waals surface area contributed by atoms with Crippen molar-refractivity contribution in [2.24, 2.45) is 0 Å². The average Bonchev–Trinajstić information content (AvgIpc) is 2.20. The van der Waals surface area contributed by atoms with Crippen LogP contribution in [0.25, 0.3) is 0 Å². The molecule has 2 nitrogen and oxygen atoms in total. The van der Waals surface area contributed by atoms with Gasteiger partial charge in [0.1, 0.15) is 5.92 Å². The predicted molar refractivity (Wildman–Crippen MR) is 54.9 cm³/mol. The van der Waals surface area contributed by atoms with Gasteiger partial charge in [0.15, 0.2) is 0 Å². The molecule has 0 spiro atoms. The highest BCUT2D eigenvalue weighted by atomic mass is 32.1. The maximum atomic E-state index is 11.2. The molecule has 1 rings (SSSR count). The minimum Gasteiger partial charge on any atom is -0.468 e. The van der Waals surface area contributed by atoms with Crippen molar-refractivity contribution in [1.29, 1.82) is 0 Å². The highest BCUT2D eigenvalue weighted by molar-refractivity contribution is 7.79. The van der Waals surface area contributed by atoms with E-state index in [4.69, 9.17) is 12.2 Å². The Labute approximate surface area is 82.5 Å². The van der Waals surface area contributed by atoms with Gasteiger partial charge in [-0.2, -0.15) is 0 Å². The molecule has 0 radical (unpaired) electrons. The summed E-state index contributed by atoms with van der Waals surface area (Å²) in [6, 6.07) is 9.32. The fourth-order valence-corrected chi connectivity index (χ4v) is 1.33. The van der Waals surface area contributed by atoms with Gasteiger partial charge in [-0.15, -0.1) is 0 Å². The Hall–Kier alpha value is -1.22. The van der Waals surface area contributed by atoms with E-state index in [1.807, 2.05) is 30.3 Å². The lowest BCUT2D eigenvalue weighted by Crippen LogP contribution is -2.14. The molecule has 0 aromatic heterocycles. The molecule has 13 heavy (non-hydrogen) atoms. The van der Waals surface area contributed by atoms with Crippen LogP contribution in [-0.4, -0.2) is 18.4 Å². The molecule has 3 heteroatoms. The monoisotopic (exact) mass is 194 g/mol. The van der Waals surface area contributed by atoms with Gasteiger partial charge in [-0.25, -0.2) is 0 Å². The highest BCUT2D eigenvalue weighted by Crippen LogP contribution is 2.14. The van der Waals surface area contributed by atoms with E-state index >= 15 is 0 Å². The Morgan fingerprint density at radius 3 is 2.54 bits per heavy atom. The molecule has 0 saturated heterocycles. The molecule has 0 amide bonds. The standard InChI is InChI=1S/C10H10O2S/c1-12-10(11)9(7-13)8-5-3-2-4-6-8/h2-7,9H,1H3. The summed E-state index contributed by atoms with van der Waals surface area (Å²) in [5.41, 5.74) is 0.865. The molecule has 0 aliphatic heterocycles. The minimum absolute atomic E-state index is 0.318. The van der Waals surface area contributed by atoms with Gasteiger partial charge < -0.3 is 4.74 Å². The molecule has 0 N–H and O–H groups in total. The van der Waals surface area contributed by atoms with E-state index in [1.54, 1.807) is 0 Å². The maximum absolute atomic E-state index is 11.2. The van der Waals surface area contributed by atoms with Crippen molar-refractivity contribution < 1.29 is 9.53 Å². The number of benzene rings is 1. The fourth-order valence-electron chi connectivity index (χ4n) is 1.06. The summed E-state index contributed by atoms with van der Waals surface area (Å²) in [7, 11) is 1.36. The number of carbonyl (C=O) groups is 1. The van der Waals surface area contributed by atoms with Crippen molar-refractivity contribution in [2.45, 2.75) is 5.92 Å². The second-order valence-corrected chi connectivity index (χ2v) is 2.82. The number of hydrogen-bond donors (Lipinski definition) is 0. The van der Waals surface area contributed by atoms with Crippen LogP contribution in [0.4, 0.5) is 0 Å². The largest absolute Gasteiger partial charge is 0.468 e. The second kappa shape index (κ2) is 4.72. The van der Waals surface area contributed by atoms with Gasteiger partial charge in [0.2, 0.25) is 0 Å². The summed E-state index contributed by atoms with van der Waals surface area (Å²) < 4.78 is 4.62. The molecule has 0 bridgehead atoms. The summed E-state index contributed by atoms with van der Waals surface area (Å²) in [4.78, 5) is 11.2. The van der Waals surface area contributed by atoms with E-state index in [0.717, 1.165) is 5.56 Å². The molecule has 0 aliphatic rings. The van der Waals surface area contributed by atoms with Gasteiger partial charge in [-0.3, -0.25) is 4.79 Å². The van der Waals surface area contributed by atoms with Crippen LogP contribution in [-0.2, 0) is 9.53 Å². The molecule has 0 saturated carbocycles. The molecule has 0 fully saturated rings. The molecule has 1 aromatic rings. The van der Waals surface area contributed by atoms with Gasteiger partial charge in [0.05, 0.1) is 7.11 Å². The van der Waals surface area contributed by atoms with Crippen LogP contribution in [0.15, 0.2) is 30.3 Å². The van der Waals surface area contributed by atoms with E-state index in [0.29, 0.717) is 0 Å². The van der Waals surface area contributed by atoms with E-state index in [1.165, 1.54) is 12.5 Å². The summed E-state index contributed by atoms with van der Waals surface area (Å²) in [6.07, 6.45) is 0. The van der Waals surface area contributed by atoms with Crippen LogP contribution in [0.1, 0.15) is 11.5 Å². The van der Waals surface area contributed by atoms with Crippen molar-refractivity contribution in [2.75, 3.05) is 7.11 Å². The van der Waals surface area contributed by atoms with Crippen LogP contribution in [0.3, 0.4) is 0 Å². The summed E-state index contributed by atoms with van der Waals surface area (Å²) in [6.45, 7) is 0. The van der Waals surface area contributed by atoms with Crippen molar-refractivity contribution in [3.63, 3.8) is 0 Å². The third kappa shape index (κ3) is 2.36. The van der Waals surface area contributed by atoms with Crippen molar-refractivity contribution in [1.82, 2.24) is 0 Å². The number of hydrogen-bond acceptors (Lipinski definition) is 3.